The van der Waals surface area contributed by atoms with Crippen LogP contribution in [0.1, 0.15) is 22.6 Å². The number of nitrogens with zero attached hydrogens (tertiary/aromatic N) is 4. The molecule has 0 spiro atoms. The van der Waals surface area contributed by atoms with Gasteiger partial charge in [-0.05, 0) is 31.1 Å². The Kier molecular flexibility index (Phi) is 6.05. The van der Waals surface area contributed by atoms with Crippen LogP contribution in [0.5, 0.6) is 0 Å². The summed E-state index contributed by atoms with van der Waals surface area (Å²) in [4.78, 5) is 21.2. The lowest BCUT2D eigenvalue weighted by atomic mass is 10.1. The first-order valence-electron chi connectivity index (χ1n) is 10.2. The third-order valence-corrected chi connectivity index (χ3v) is 5.41. The Labute approximate surface area is 176 Å². The van der Waals surface area contributed by atoms with Crippen LogP contribution >= 0.6 is 0 Å². The highest BCUT2D eigenvalue weighted by Gasteiger charge is 2.21. The molecule has 1 amide bonds. The van der Waals surface area contributed by atoms with Crippen molar-refractivity contribution in [3.8, 4) is 11.4 Å². The van der Waals surface area contributed by atoms with Gasteiger partial charge in [0, 0.05) is 37.8 Å². The van der Waals surface area contributed by atoms with E-state index in [1.165, 1.54) is 5.56 Å². The zero-order valence-corrected chi connectivity index (χ0v) is 17.4. The Balaban J connectivity index is 1.29. The molecule has 0 aliphatic carbocycles. The molecule has 1 saturated heterocycles. The van der Waals surface area contributed by atoms with Crippen molar-refractivity contribution < 1.29 is 9.32 Å². The Morgan fingerprint density at radius 3 is 2.50 bits per heavy atom. The van der Waals surface area contributed by atoms with Crippen molar-refractivity contribution in [2.45, 2.75) is 20.4 Å². The van der Waals surface area contributed by atoms with Crippen molar-refractivity contribution in [2.24, 2.45) is 0 Å². The van der Waals surface area contributed by atoms with Gasteiger partial charge in [0.2, 0.25) is 17.6 Å². The van der Waals surface area contributed by atoms with Crippen molar-refractivity contribution in [1.82, 2.24) is 19.9 Å². The number of hydrogen-bond donors (Lipinski definition) is 0. The van der Waals surface area contributed by atoms with Crippen LogP contribution in [0.15, 0.2) is 59.1 Å². The molecular weight excluding hydrogens is 376 g/mol. The second-order valence-corrected chi connectivity index (χ2v) is 7.67. The molecule has 154 valence electrons. The molecule has 0 bridgehead atoms. The summed E-state index contributed by atoms with van der Waals surface area (Å²) < 4.78 is 5.43. The van der Waals surface area contributed by atoms with Gasteiger partial charge in [0.25, 0.3) is 0 Å². The largest absolute Gasteiger partial charge is 0.338 e. The van der Waals surface area contributed by atoms with Gasteiger partial charge in [-0.2, -0.15) is 4.98 Å². The molecule has 1 aromatic heterocycles. The fourth-order valence-corrected chi connectivity index (χ4v) is 3.50. The Morgan fingerprint density at radius 1 is 1.03 bits per heavy atom. The van der Waals surface area contributed by atoms with Crippen LogP contribution in [0.4, 0.5) is 0 Å². The number of amides is 1. The Hall–Kier alpha value is -3.25. The third kappa shape index (κ3) is 4.83. The minimum Gasteiger partial charge on any atom is -0.338 e. The topological polar surface area (TPSA) is 62.5 Å². The van der Waals surface area contributed by atoms with E-state index in [0.29, 0.717) is 31.3 Å². The zero-order valence-electron chi connectivity index (χ0n) is 17.4. The van der Waals surface area contributed by atoms with E-state index in [4.69, 9.17) is 4.52 Å². The van der Waals surface area contributed by atoms with E-state index in [1.807, 2.05) is 73.4 Å². The van der Waals surface area contributed by atoms with Gasteiger partial charge < -0.3 is 9.42 Å². The number of rotatable bonds is 5. The number of benzene rings is 2. The molecule has 30 heavy (non-hydrogen) atoms. The molecule has 2 heterocycles. The molecule has 3 aromatic rings. The summed E-state index contributed by atoms with van der Waals surface area (Å²) in [7, 11) is 0. The molecule has 0 atom stereocenters. The summed E-state index contributed by atoms with van der Waals surface area (Å²) in [6.07, 6.45) is 3.57. The second-order valence-electron chi connectivity index (χ2n) is 7.67. The number of piperazine rings is 1. The van der Waals surface area contributed by atoms with Gasteiger partial charge in [0.15, 0.2) is 0 Å². The molecule has 6 heteroatoms. The van der Waals surface area contributed by atoms with Gasteiger partial charge in [-0.1, -0.05) is 59.3 Å². The number of carbonyl (C=O) groups excluding carboxylic acids is 1. The molecule has 0 saturated carbocycles. The van der Waals surface area contributed by atoms with Gasteiger partial charge in [-0.25, -0.2) is 0 Å². The van der Waals surface area contributed by atoms with Gasteiger partial charge in [0.1, 0.15) is 0 Å². The molecule has 0 unspecified atom stereocenters. The maximum atomic E-state index is 12.5. The van der Waals surface area contributed by atoms with Gasteiger partial charge in [-0.15, -0.1) is 0 Å². The standard InChI is InChI=1S/C24H26N4O2/c1-18-7-9-21(10-8-18)24-25-22(30-26-24)17-27-13-15-28(16-14-27)23(29)12-11-20-6-4-3-5-19(20)2/h3-12H,13-17H2,1-2H3. The summed E-state index contributed by atoms with van der Waals surface area (Å²) >= 11 is 0. The van der Waals surface area contributed by atoms with Gasteiger partial charge in [0.05, 0.1) is 6.54 Å². The molecule has 1 aliphatic rings. The predicted octanol–water partition coefficient (Wildman–Crippen LogP) is 3.71. The normalized spacial score (nSPS) is 15.1. The number of aromatic nitrogens is 2. The van der Waals surface area contributed by atoms with Gasteiger partial charge in [-0.3, -0.25) is 9.69 Å². The van der Waals surface area contributed by atoms with Crippen LogP contribution in [0.2, 0.25) is 0 Å². The van der Waals surface area contributed by atoms with E-state index >= 15 is 0 Å². The lowest BCUT2D eigenvalue weighted by molar-refractivity contribution is -0.127. The second kappa shape index (κ2) is 9.05. The van der Waals surface area contributed by atoms with E-state index in [9.17, 15) is 4.79 Å². The van der Waals surface area contributed by atoms with Crippen LogP contribution in [0.3, 0.4) is 0 Å². The summed E-state index contributed by atoms with van der Waals surface area (Å²) in [5.74, 6) is 1.27. The predicted molar refractivity (Wildman–Crippen MR) is 117 cm³/mol. The lowest BCUT2D eigenvalue weighted by Gasteiger charge is -2.33. The van der Waals surface area contributed by atoms with E-state index < -0.39 is 0 Å². The Bertz CT molecular complexity index is 1030. The highest BCUT2D eigenvalue weighted by molar-refractivity contribution is 5.92. The Morgan fingerprint density at radius 2 is 1.77 bits per heavy atom. The molecule has 4 rings (SSSR count). The van der Waals surface area contributed by atoms with Crippen LogP contribution in [0, 0.1) is 13.8 Å². The van der Waals surface area contributed by atoms with Crippen molar-refractivity contribution in [2.75, 3.05) is 26.2 Å². The van der Waals surface area contributed by atoms with Gasteiger partial charge >= 0.3 is 0 Å². The van der Waals surface area contributed by atoms with E-state index in [1.54, 1.807) is 6.08 Å². The quantitative estimate of drug-likeness (QED) is 0.609. The minimum atomic E-state index is 0.0531. The fraction of sp³-hybridized carbons (Fsp3) is 0.292. The zero-order chi connectivity index (χ0) is 20.9. The summed E-state index contributed by atoms with van der Waals surface area (Å²) in [6, 6.07) is 16.1. The first-order chi connectivity index (χ1) is 14.6. The number of carbonyl (C=O) groups is 1. The molecular formula is C24H26N4O2. The SMILES string of the molecule is Cc1ccc(-c2noc(CN3CCN(C(=O)C=Cc4ccccc4C)CC3)n2)cc1. The van der Waals surface area contributed by atoms with E-state index in [0.717, 1.165) is 29.8 Å². The summed E-state index contributed by atoms with van der Waals surface area (Å²) in [6.45, 7) is 7.64. The lowest BCUT2D eigenvalue weighted by Crippen LogP contribution is -2.47. The highest BCUT2D eigenvalue weighted by Crippen LogP contribution is 2.17. The molecule has 1 fully saturated rings. The first kappa shape index (κ1) is 20.0. The first-order valence-corrected chi connectivity index (χ1v) is 10.2. The van der Waals surface area contributed by atoms with Crippen LogP contribution in [-0.4, -0.2) is 52.0 Å². The fourth-order valence-electron chi connectivity index (χ4n) is 3.50. The average Bonchev–Trinajstić information content (AvgIpc) is 3.22. The average molecular weight is 402 g/mol. The number of hydrogen-bond acceptors (Lipinski definition) is 5. The molecule has 0 radical (unpaired) electrons. The molecule has 2 aromatic carbocycles. The maximum absolute atomic E-state index is 12.5. The smallest absolute Gasteiger partial charge is 0.246 e. The molecule has 0 N–H and O–H groups in total. The van der Waals surface area contributed by atoms with E-state index in [-0.39, 0.29) is 5.91 Å². The highest BCUT2D eigenvalue weighted by atomic mass is 16.5. The van der Waals surface area contributed by atoms with Crippen molar-refractivity contribution in [3.05, 3.63) is 77.2 Å². The number of aryl methyl sites for hydroxylation is 2. The summed E-state index contributed by atoms with van der Waals surface area (Å²) in [5, 5.41) is 4.10. The van der Waals surface area contributed by atoms with Crippen molar-refractivity contribution in [1.29, 1.82) is 0 Å². The maximum Gasteiger partial charge on any atom is 0.246 e. The summed E-state index contributed by atoms with van der Waals surface area (Å²) in [5.41, 5.74) is 4.39. The van der Waals surface area contributed by atoms with Crippen molar-refractivity contribution >= 4 is 12.0 Å². The van der Waals surface area contributed by atoms with Crippen LogP contribution in [-0.2, 0) is 11.3 Å². The monoisotopic (exact) mass is 402 g/mol. The minimum absolute atomic E-state index is 0.0531. The molecule has 1 aliphatic heterocycles. The third-order valence-electron chi connectivity index (χ3n) is 5.41. The van der Waals surface area contributed by atoms with E-state index in [2.05, 4.69) is 15.0 Å². The van der Waals surface area contributed by atoms with Crippen LogP contribution < -0.4 is 0 Å². The van der Waals surface area contributed by atoms with Crippen molar-refractivity contribution in [3.63, 3.8) is 0 Å². The molecule has 6 nitrogen and oxygen atoms in total. The van der Waals surface area contributed by atoms with Crippen LogP contribution in [0.25, 0.3) is 17.5 Å².